The fourth-order valence-electron chi connectivity index (χ4n) is 3.38. The Morgan fingerprint density at radius 2 is 1.85 bits per heavy atom. The molecule has 1 fully saturated rings. The van der Waals surface area contributed by atoms with Crippen molar-refractivity contribution in [3.05, 3.63) is 54.4 Å². The van der Waals surface area contributed by atoms with Crippen LogP contribution >= 0.6 is 0 Å². The number of hydrogen-bond acceptors (Lipinski definition) is 4. The first-order chi connectivity index (χ1) is 12.5. The molecule has 3 aromatic rings. The van der Waals surface area contributed by atoms with Gasteiger partial charge in [-0.25, -0.2) is 13.4 Å². The molecule has 1 saturated heterocycles. The van der Waals surface area contributed by atoms with Crippen LogP contribution in [0.2, 0.25) is 0 Å². The number of anilines is 1. The molecular formula is C19H22N4O2S. The maximum atomic E-state index is 12.5. The quantitative estimate of drug-likeness (QED) is 0.739. The van der Waals surface area contributed by atoms with Crippen LogP contribution in [0.4, 0.5) is 5.69 Å². The van der Waals surface area contributed by atoms with Gasteiger partial charge in [0.2, 0.25) is 0 Å². The monoisotopic (exact) mass is 370 g/mol. The molecule has 0 aliphatic carbocycles. The maximum absolute atomic E-state index is 12.5. The van der Waals surface area contributed by atoms with E-state index in [1.165, 1.54) is 0 Å². The smallest absolute Gasteiger partial charge is 0.261 e. The number of aromatic amines is 1. The molecule has 0 spiro atoms. The summed E-state index contributed by atoms with van der Waals surface area (Å²) >= 11 is 0. The largest absolute Gasteiger partial charge is 0.342 e. The van der Waals surface area contributed by atoms with Crippen molar-refractivity contribution in [2.75, 3.05) is 24.9 Å². The van der Waals surface area contributed by atoms with E-state index in [-0.39, 0.29) is 4.90 Å². The van der Waals surface area contributed by atoms with E-state index in [4.69, 9.17) is 4.98 Å². The van der Waals surface area contributed by atoms with Crippen LogP contribution in [0.25, 0.3) is 11.0 Å². The Hall–Kier alpha value is -2.38. The second-order valence-corrected chi connectivity index (χ2v) is 8.53. The lowest BCUT2D eigenvalue weighted by Gasteiger charge is -2.27. The van der Waals surface area contributed by atoms with Crippen molar-refractivity contribution in [1.29, 1.82) is 0 Å². The molecule has 136 valence electrons. The summed E-state index contributed by atoms with van der Waals surface area (Å²) in [6.07, 6.45) is 2.17. The molecule has 4 rings (SSSR count). The van der Waals surface area contributed by atoms with Gasteiger partial charge in [-0.15, -0.1) is 0 Å². The van der Waals surface area contributed by atoms with Gasteiger partial charge in [0.15, 0.2) is 0 Å². The molecular weight excluding hydrogens is 348 g/mol. The summed E-state index contributed by atoms with van der Waals surface area (Å²) < 4.78 is 27.6. The summed E-state index contributed by atoms with van der Waals surface area (Å²) in [5, 5.41) is 0. The topological polar surface area (TPSA) is 78.1 Å². The molecule has 0 saturated carbocycles. The van der Waals surface area contributed by atoms with Crippen molar-refractivity contribution in [2.24, 2.45) is 0 Å². The normalized spacial score (nSPS) is 16.8. The van der Waals surface area contributed by atoms with Crippen molar-refractivity contribution < 1.29 is 8.42 Å². The van der Waals surface area contributed by atoms with Crippen molar-refractivity contribution in [2.45, 2.75) is 23.7 Å². The third-order valence-corrected chi connectivity index (χ3v) is 6.31. The average molecular weight is 370 g/mol. The molecule has 1 aliphatic rings. The van der Waals surface area contributed by atoms with Gasteiger partial charge >= 0.3 is 0 Å². The molecule has 0 amide bonds. The number of likely N-dealkylation sites (tertiary alicyclic amines) is 1. The average Bonchev–Trinajstić information content (AvgIpc) is 3.06. The zero-order valence-corrected chi connectivity index (χ0v) is 15.5. The Morgan fingerprint density at radius 3 is 2.58 bits per heavy atom. The highest BCUT2D eigenvalue weighted by atomic mass is 32.2. The summed E-state index contributed by atoms with van der Waals surface area (Å²) in [6, 6.07) is 13.8. The van der Waals surface area contributed by atoms with Crippen molar-refractivity contribution >= 4 is 26.7 Å². The number of nitrogens with one attached hydrogen (secondary N) is 2. The number of nitrogens with zero attached hydrogens (tertiary/aromatic N) is 2. The molecule has 0 bridgehead atoms. The zero-order valence-electron chi connectivity index (χ0n) is 14.6. The highest BCUT2D eigenvalue weighted by Crippen LogP contribution is 2.28. The van der Waals surface area contributed by atoms with Crippen molar-refractivity contribution in [3.8, 4) is 0 Å². The Morgan fingerprint density at radius 1 is 1.12 bits per heavy atom. The van der Waals surface area contributed by atoms with E-state index in [2.05, 4.69) is 21.7 Å². The molecule has 2 heterocycles. The van der Waals surface area contributed by atoms with Gasteiger partial charge in [-0.2, -0.15) is 0 Å². The molecule has 26 heavy (non-hydrogen) atoms. The third-order valence-electron chi connectivity index (χ3n) is 4.91. The number of benzene rings is 2. The number of H-pyrrole nitrogens is 1. The lowest BCUT2D eigenvalue weighted by molar-refractivity contribution is 0.252. The number of hydrogen-bond donors (Lipinski definition) is 2. The molecule has 7 heteroatoms. The van der Waals surface area contributed by atoms with Crippen LogP contribution in [0.15, 0.2) is 53.4 Å². The van der Waals surface area contributed by atoms with E-state index in [0.29, 0.717) is 11.6 Å². The van der Waals surface area contributed by atoms with Crippen LogP contribution in [-0.4, -0.2) is 43.4 Å². The molecule has 6 nitrogen and oxygen atoms in total. The van der Waals surface area contributed by atoms with E-state index in [1.54, 1.807) is 42.5 Å². The fourth-order valence-corrected chi connectivity index (χ4v) is 4.45. The summed E-state index contributed by atoms with van der Waals surface area (Å²) in [4.78, 5) is 10.7. The van der Waals surface area contributed by atoms with Crippen LogP contribution < -0.4 is 4.72 Å². The maximum Gasteiger partial charge on any atom is 0.261 e. The third kappa shape index (κ3) is 3.45. The van der Waals surface area contributed by atoms with Gasteiger partial charge in [0.25, 0.3) is 10.0 Å². The number of piperidine rings is 1. The molecule has 2 N–H and O–H groups in total. The Bertz CT molecular complexity index is 1010. The van der Waals surface area contributed by atoms with E-state index in [9.17, 15) is 8.42 Å². The molecule has 1 aliphatic heterocycles. The second-order valence-electron chi connectivity index (χ2n) is 6.85. The SMILES string of the molecule is CN1CCC(c2nc3ccc(NS(=O)(=O)c4ccccc4)cc3[nH]2)CC1. The Balaban J connectivity index is 1.58. The highest BCUT2D eigenvalue weighted by molar-refractivity contribution is 7.92. The Kier molecular flexibility index (Phi) is 4.42. The van der Waals surface area contributed by atoms with Gasteiger partial charge < -0.3 is 9.88 Å². The summed E-state index contributed by atoms with van der Waals surface area (Å²) in [5.41, 5.74) is 2.24. The molecule has 0 atom stereocenters. The van der Waals surface area contributed by atoms with E-state index in [0.717, 1.165) is 42.8 Å². The first kappa shape index (κ1) is 17.1. The summed E-state index contributed by atoms with van der Waals surface area (Å²) in [7, 11) is -1.45. The summed E-state index contributed by atoms with van der Waals surface area (Å²) in [5.74, 6) is 1.43. The van der Waals surface area contributed by atoms with Crippen molar-refractivity contribution in [1.82, 2.24) is 14.9 Å². The molecule has 1 aromatic heterocycles. The van der Waals surface area contributed by atoms with E-state index < -0.39 is 10.0 Å². The highest BCUT2D eigenvalue weighted by Gasteiger charge is 2.21. The minimum atomic E-state index is -3.59. The number of fused-ring (bicyclic) bond motifs is 1. The van der Waals surface area contributed by atoms with Gasteiger partial charge in [-0.3, -0.25) is 4.72 Å². The summed E-state index contributed by atoms with van der Waals surface area (Å²) in [6.45, 7) is 2.15. The first-order valence-corrected chi connectivity index (χ1v) is 10.3. The standard InChI is InChI=1S/C19H22N4O2S/c1-23-11-9-14(10-12-23)19-20-17-8-7-15(13-18(17)21-19)22-26(24,25)16-5-3-2-4-6-16/h2-8,13-14,22H,9-12H2,1H3,(H,20,21). The van der Waals surface area contributed by atoms with E-state index in [1.807, 2.05) is 6.07 Å². The molecule has 0 radical (unpaired) electrons. The second kappa shape index (κ2) is 6.74. The lowest BCUT2D eigenvalue weighted by atomic mass is 9.97. The number of sulfonamides is 1. The number of rotatable bonds is 4. The van der Waals surface area contributed by atoms with Crippen LogP contribution in [0.1, 0.15) is 24.6 Å². The predicted molar refractivity (Wildman–Crippen MR) is 103 cm³/mol. The van der Waals surface area contributed by atoms with Crippen LogP contribution in [-0.2, 0) is 10.0 Å². The fraction of sp³-hybridized carbons (Fsp3) is 0.316. The van der Waals surface area contributed by atoms with Gasteiger partial charge in [0, 0.05) is 5.92 Å². The van der Waals surface area contributed by atoms with Crippen LogP contribution in [0, 0.1) is 0 Å². The number of imidazole rings is 1. The molecule has 2 aromatic carbocycles. The predicted octanol–water partition coefficient (Wildman–Crippen LogP) is 3.17. The van der Waals surface area contributed by atoms with E-state index >= 15 is 0 Å². The van der Waals surface area contributed by atoms with Crippen LogP contribution in [0.3, 0.4) is 0 Å². The Labute approximate surface area is 153 Å². The first-order valence-electron chi connectivity index (χ1n) is 8.77. The minimum Gasteiger partial charge on any atom is -0.342 e. The van der Waals surface area contributed by atoms with Gasteiger partial charge in [-0.05, 0) is 63.3 Å². The minimum absolute atomic E-state index is 0.247. The lowest BCUT2D eigenvalue weighted by Crippen LogP contribution is -2.29. The number of aromatic nitrogens is 2. The van der Waals surface area contributed by atoms with Gasteiger partial charge in [0.05, 0.1) is 21.6 Å². The van der Waals surface area contributed by atoms with Gasteiger partial charge in [-0.1, -0.05) is 18.2 Å². The van der Waals surface area contributed by atoms with Crippen molar-refractivity contribution in [3.63, 3.8) is 0 Å². The molecule has 0 unspecified atom stereocenters. The zero-order chi connectivity index (χ0) is 18.1. The van der Waals surface area contributed by atoms with Crippen LogP contribution in [0.5, 0.6) is 0 Å². The van der Waals surface area contributed by atoms with Gasteiger partial charge in [0.1, 0.15) is 5.82 Å².